The summed E-state index contributed by atoms with van der Waals surface area (Å²) in [6.07, 6.45) is 1.35. The summed E-state index contributed by atoms with van der Waals surface area (Å²) in [5, 5.41) is 7.56. The first kappa shape index (κ1) is 16.1. The normalized spacial score (nSPS) is 9.71. The van der Waals surface area contributed by atoms with Gasteiger partial charge < -0.3 is 20.5 Å². The second-order valence-electron chi connectivity index (χ2n) is 3.92. The molecule has 0 saturated heterocycles. The van der Waals surface area contributed by atoms with Crippen molar-refractivity contribution in [2.75, 3.05) is 0 Å². The van der Waals surface area contributed by atoms with Crippen molar-refractivity contribution in [3.63, 3.8) is 0 Å². The van der Waals surface area contributed by atoms with Crippen molar-refractivity contribution >= 4 is 19.0 Å². The maximum atomic E-state index is 11.3. The molecule has 2 aromatic heterocycles. The Morgan fingerprint density at radius 2 is 1.94 bits per heavy atom. The molecular weight excluding hydrogens is 387 g/mol. The number of rotatable bonds is 0. The third kappa shape index (κ3) is 4.11. The van der Waals surface area contributed by atoms with Crippen molar-refractivity contribution in [2.24, 2.45) is 0 Å². The van der Waals surface area contributed by atoms with Crippen molar-refractivity contribution in [3.8, 4) is 0 Å². The predicted molar refractivity (Wildman–Crippen MR) is 63.3 cm³/mol. The van der Waals surface area contributed by atoms with Gasteiger partial charge >= 0.3 is 21.1 Å². The van der Waals surface area contributed by atoms with Gasteiger partial charge in [-0.1, -0.05) is 0 Å². The molecule has 88 valence electrons. The van der Waals surface area contributed by atoms with Crippen LogP contribution in [0.2, 0.25) is 0 Å². The quantitative estimate of drug-likeness (QED) is 0.481. The van der Waals surface area contributed by atoms with Gasteiger partial charge in [0.15, 0.2) is 0 Å². The SMILES string of the molecule is C[C-](C)C.[B]n1c(C)nc2[n-]ncc2c1=O.[W+2]. The van der Waals surface area contributed by atoms with E-state index in [0.29, 0.717) is 16.9 Å². The Bertz CT molecular complexity index is 532. The molecule has 0 spiro atoms. The van der Waals surface area contributed by atoms with Crippen molar-refractivity contribution in [2.45, 2.75) is 27.7 Å². The van der Waals surface area contributed by atoms with Crippen molar-refractivity contribution in [3.05, 3.63) is 28.3 Å². The van der Waals surface area contributed by atoms with Crippen LogP contribution in [-0.2, 0) is 21.1 Å². The molecule has 0 aliphatic heterocycles. The molecule has 2 rings (SSSR count). The van der Waals surface area contributed by atoms with Crippen LogP contribution in [0.4, 0.5) is 0 Å². The molecule has 0 saturated carbocycles. The number of aryl methyl sites for hydroxylation is 1. The first-order valence-corrected chi connectivity index (χ1v) is 4.83. The minimum atomic E-state index is -0.317. The third-order valence-electron chi connectivity index (χ3n) is 1.65. The molecule has 0 unspecified atom stereocenters. The van der Waals surface area contributed by atoms with Gasteiger partial charge in [0, 0.05) is 6.20 Å². The number of hydrogen-bond donors (Lipinski definition) is 0. The van der Waals surface area contributed by atoms with E-state index in [1.54, 1.807) is 6.92 Å². The average Bonchev–Trinajstić information content (AvgIpc) is 2.61. The van der Waals surface area contributed by atoms with Crippen LogP contribution in [0.5, 0.6) is 0 Å². The van der Waals surface area contributed by atoms with E-state index < -0.39 is 0 Å². The van der Waals surface area contributed by atoms with E-state index in [-0.39, 0.29) is 26.6 Å². The fraction of sp³-hybridized carbons (Fsp3) is 0.400. The smallest absolute Gasteiger partial charge is 0.425 e. The molecule has 0 N–H and O–H groups in total. The van der Waals surface area contributed by atoms with Gasteiger partial charge in [-0.2, -0.15) is 20.8 Å². The van der Waals surface area contributed by atoms with Gasteiger partial charge in [-0.25, -0.2) is 0 Å². The average molecular weight is 400 g/mol. The Morgan fingerprint density at radius 1 is 1.41 bits per heavy atom. The van der Waals surface area contributed by atoms with Gasteiger partial charge in [0.25, 0.3) is 0 Å². The molecule has 0 fully saturated rings. The van der Waals surface area contributed by atoms with E-state index in [1.807, 2.05) is 0 Å². The molecule has 2 radical (unpaired) electrons. The van der Waals surface area contributed by atoms with Crippen LogP contribution >= 0.6 is 0 Å². The van der Waals surface area contributed by atoms with Crippen LogP contribution in [-0.4, -0.2) is 22.5 Å². The summed E-state index contributed by atoms with van der Waals surface area (Å²) in [7, 11) is 5.39. The monoisotopic (exact) mass is 400 g/mol. The molecule has 17 heavy (non-hydrogen) atoms. The van der Waals surface area contributed by atoms with E-state index in [2.05, 4.69) is 36.0 Å². The number of fused-ring (bicyclic) bond motifs is 1. The predicted octanol–water partition coefficient (Wildman–Crippen LogP) is 0.607. The van der Waals surface area contributed by atoms with Gasteiger partial charge in [0.1, 0.15) is 0 Å². The zero-order chi connectivity index (χ0) is 12.3. The molecule has 0 aliphatic carbocycles. The number of aromatic nitrogens is 4. The topological polar surface area (TPSA) is 61.9 Å². The Morgan fingerprint density at radius 3 is 2.47 bits per heavy atom. The molecule has 5 nitrogen and oxygen atoms in total. The van der Waals surface area contributed by atoms with Crippen molar-refractivity contribution < 1.29 is 21.1 Å². The second-order valence-corrected chi connectivity index (χ2v) is 3.92. The van der Waals surface area contributed by atoms with Crippen LogP contribution < -0.4 is 10.7 Å². The molecule has 0 atom stereocenters. The van der Waals surface area contributed by atoms with Gasteiger partial charge in [0.05, 0.1) is 5.39 Å². The Kier molecular flexibility index (Phi) is 6.39. The second kappa shape index (κ2) is 6.75. The number of nitrogens with zero attached hydrogens (tertiary/aromatic N) is 4. The Labute approximate surface area is 116 Å². The van der Waals surface area contributed by atoms with Gasteiger partial charge in [-0.15, -0.1) is 0 Å². The first-order chi connectivity index (χ1) is 7.43. The minimum absolute atomic E-state index is 0. The van der Waals surface area contributed by atoms with Crippen molar-refractivity contribution in [1.82, 2.24) is 19.7 Å². The Hall–Kier alpha value is -0.897. The zero-order valence-corrected chi connectivity index (χ0v) is 13.2. The summed E-state index contributed by atoms with van der Waals surface area (Å²) in [6, 6.07) is 0. The summed E-state index contributed by atoms with van der Waals surface area (Å²) in [5.41, 5.74) is 0.0294. The molecule has 0 amide bonds. The van der Waals surface area contributed by atoms with Gasteiger partial charge in [0.2, 0.25) is 13.5 Å². The molecule has 7 heteroatoms. The largest absolute Gasteiger partial charge is 2.00 e. The van der Waals surface area contributed by atoms with E-state index in [1.165, 1.54) is 12.1 Å². The summed E-state index contributed by atoms with van der Waals surface area (Å²) in [6.45, 7) is 7.88. The summed E-state index contributed by atoms with van der Waals surface area (Å²) in [4.78, 5) is 15.3. The maximum absolute atomic E-state index is 11.3. The molecule has 2 heterocycles. The molecule has 0 aromatic carbocycles. The first-order valence-electron chi connectivity index (χ1n) is 4.83. The van der Waals surface area contributed by atoms with Crippen LogP contribution in [0.15, 0.2) is 11.0 Å². The molecular formula is C10H13BN4OW. The van der Waals surface area contributed by atoms with Gasteiger partial charge in [-0.05, 0) is 18.4 Å². The van der Waals surface area contributed by atoms with E-state index in [9.17, 15) is 4.79 Å². The van der Waals surface area contributed by atoms with Crippen LogP contribution in [0.25, 0.3) is 11.0 Å². The Balaban J connectivity index is 0.000000453. The summed E-state index contributed by atoms with van der Waals surface area (Å²) < 4.78 is 0.978. The van der Waals surface area contributed by atoms with E-state index in [4.69, 9.17) is 7.98 Å². The minimum Gasteiger partial charge on any atom is -0.425 e. The summed E-state index contributed by atoms with van der Waals surface area (Å²) in [5.74, 6) is 1.84. The molecule has 0 bridgehead atoms. The number of hydrogen-bond acceptors (Lipinski definition) is 3. The van der Waals surface area contributed by atoms with Gasteiger partial charge in [-0.3, -0.25) is 9.89 Å². The molecule has 2 aromatic rings. The van der Waals surface area contributed by atoms with E-state index >= 15 is 0 Å². The summed E-state index contributed by atoms with van der Waals surface area (Å²) >= 11 is 0. The maximum Gasteiger partial charge on any atom is 2.00 e. The fourth-order valence-electron chi connectivity index (χ4n) is 0.970. The molecule has 0 aliphatic rings. The van der Waals surface area contributed by atoms with Crippen LogP contribution in [0.1, 0.15) is 26.6 Å². The van der Waals surface area contributed by atoms with Crippen molar-refractivity contribution in [1.29, 1.82) is 0 Å². The fourth-order valence-corrected chi connectivity index (χ4v) is 0.970. The van der Waals surface area contributed by atoms with Crippen LogP contribution in [0.3, 0.4) is 0 Å². The third-order valence-corrected chi connectivity index (χ3v) is 1.65. The van der Waals surface area contributed by atoms with E-state index in [0.717, 1.165) is 4.48 Å². The standard InChI is InChI=1S/C6H5BN4O.C4H9.W/c1-3-9-5-4(2-8-10-5)6(12)11(3)7;1-4(2)3;/h2H,1H3,(H,8,10,12);1-3H3;/q;-1;+2/p-1. The zero-order valence-electron chi connectivity index (χ0n) is 10.3. The van der Waals surface area contributed by atoms with Crippen LogP contribution in [0, 0.1) is 12.8 Å².